The molecule has 0 amide bonds. The number of aromatic nitrogens is 1. The van der Waals surface area contributed by atoms with Crippen molar-refractivity contribution >= 4 is 33.1 Å². The molecule has 0 atom stereocenters. The number of benzene rings is 3. The molecular weight excluding hydrogens is 306 g/mol. The Hall–Kier alpha value is -2.58. The molecular formula is C20H12ClNO. The molecule has 0 saturated carbocycles. The van der Waals surface area contributed by atoms with Crippen molar-refractivity contribution in [2.24, 2.45) is 0 Å². The van der Waals surface area contributed by atoms with Gasteiger partial charge < -0.3 is 4.74 Å². The second-order valence-electron chi connectivity index (χ2n) is 5.86. The normalized spacial score (nSPS) is 12.3. The summed E-state index contributed by atoms with van der Waals surface area (Å²) in [6.07, 6.45) is 1.83. The summed E-state index contributed by atoms with van der Waals surface area (Å²) in [6.45, 7) is 2.09. The number of halogens is 1. The number of rotatable bonds is 0. The summed E-state index contributed by atoms with van der Waals surface area (Å²) in [4.78, 5) is 4.63. The maximum Gasteiger partial charge on any atom is 0.140 e. The highest BCUT2D eigenvalue weighted by Crippen LogP contribution is 2.49. The van der Waals surface area contributed by atoms with Gasteiger partial charge in [-0.2, -0.15) is 0 Å². The third kappa shape index (κ3) is 1.73. The molecule has 1 aliphatic heterocycles. The van der Waals surface area contributed by atoms with Crippen LogP contribution in [0.4, 0.5) is 0 Å². The van der Waals surface area contributed by atoms with Gasteiger partial charge in [0.2, 0.25) is 0 Å². The molecule has 1 aliphatic rings. The molecule has 1 aromatic heterocycles. The molecule has 0 spiro atoms. The molecule has 3 aromatic carbocycles. The topological polar surface area (TPSA) is 22.1 Å². The van der Waals surface area contributed by atoms with E-state index >= 15 is 0 Å². The Morgan fingerprint density at radius 1 is 1.00 bits per heavy atom. The van der Waals surface area contributed by atoms with Crippen molar-refractivity contribution in [1.29, 1.82) is 0 Å². The summed E-state index contributed by atoms with van der Waals surface area (Å²) >= 11 is 6.24. The zero-order valence-electron chi connectivity index (χ0n) is 12.4. The summed E-state index contributed by atoms with van der Waals surface area (Å²) in [5.74, 6) is 1.65. The van der Waals surface area contributed by atoms with E-state index in [1.807, 2.05) is 30.5 Å². The van der Waals surface area contributed by atoms with E-state index in [1.54, 1.807) is 0 Å². The maximum atomic E-state index is 6.24. The van der Waals surface area contributed by atoms with E-state index in [-0.39, 0.29) is 0 Å². The summed E-state index contributed by atoms with van der Waals surface area (Å²) < 4.78 is 6.24. The Labute approximate surface area is 138 Å². The lowest BCUT2D eigenvalue weighted by Gasteiger charge is -2.23. The number of fused-ring (bicyclic) bond motifs is 3. The molecule has 2 nitrogen and oxygen atoms in total. The first-order valence-electron chi connectivity index (χ1n) is 7.51. The van der Waals surface area contributed by atoms with Crippen LogP contribution in [-0.4, -0.2) is 4.98 Å². The number of hydrogen-bond donors (Lipinski definition) is 0. The lowest BCUT2D eigenvalue weighted by Crippen LogP contribution is -2.01. The van der Waals surface area contributed by atoms with Crippen LogP contribution in [-0.2, 0) is 0 Å². The Balaban J connectivity index is 1.97. The number of hydrogen-bond acceptors (Lipinski definition) is 2. The minimum absolute atomic E-state index is 0.673. The second kappa shape index (κ2) is 4.46. The van der Waals surface area contributed by atoms with Gasteiger partial charge in [-0.15, -0.1) is 0 Å². The fraction of sp³-hybridized carbons (Fsp3) is 0.0500. The van der Waals surface area contributed by atoms with Crippen LogP contribution >= 0.6 is 11.6 Å². The average molecular weight is 318 g/mol. The highest BCUT2D eigenvalue weighted by atomic mass is 35.5. The summed E-state index contributed by atoms with van der Waals surface area (Å²) in [6, 6.07) is 16.3. The van der Waals surface area contributed by atoms with Crippen LogP contribution in [0.5, 0.6) is 11.5 Å². The molecule has 0 aliphatic carbocycles. The van der Waals surface area contributed by atoms with Crippen molar-refractivity contribution < 1.29 is 4.74 Å². The molecule has 110 valence electrons. The molecule has 0 radical (unpaired) electrons. The van der Waals surface area contributed by atoms with E-state index in [0.717, 1.165) is 39.1 Å². The van der Waals surface area contributed by atoms with E-state index in [0.29, 0.717) is 5.02 Å². The maximum absolute atomic E-state index is 6.24. The predicted molar refractivity (Wildman–Crippen MR) is 94.5 cm³/mol. The van der Waals surface area contributed by atoms with Crippen molar-refractivity contribution in [2.45, 2.75) is 6.92 Å². The lowest BCUT2D eigenvalue weighted by atomic mass is 9.94. The Bertz CT molecular complexity index is 1120. The van der Waals surface area contributed by atoms with Gasteiger partial charge in [0, 0.05) is 28.4 Å². The largest absolute Gasteiger partial charge is 0.456 e. The first kappa shape index (κ1) is 12.9. The zero-order valence-corrected chi connectivity index (χ0v) is 13.2. The lowest BCUT2D eigenvalue weighted by molar-refractivity contribution is 0.483. The van der Waals surface area contributed by atoms with Gasteiger partial charge in [-0.1, -0.05) is 35.9 Å². The van der Waals surface area contributed by atoms with Gasteiger partial charge >= 0.3 is 0 Å². The van der Waals surface area contributed by atoms with Crippen LogP contribution in [0, 0.1) is 6.92 Å². The smallest absolute Gasteiger partial charge is 0.140 e. The van der Waals surface area contributed by atoms with Crippen molar-refractivity contribution in [3.05, 3.63) is 65.3 Å². The molecule has 4 aromatic rings. The van der Waals surface area contributed by atoms with Crippen molar-refractivity contribution in [2.75, 3.05) is 0 Å². The van der Waals surface area contributed by atoms with E-state index in [1.165, 1.54) is 10.8 Å². The van der Waals surface area contributed by atoms with Crippen LogP contribution in [0.2, 0.25) is 5.02 Å². The SMILES string of the molecule is Cc1c2c(cc3ccccc13)-c1nccc3cc(Cl)cc(c13)O2. The summed E-state index contributed by atoms with van der Waals surface area (Å²) in [5, 5.41) is 5.15. The van der Waals surface area contributed by atoms with E-state index in [4.69, 9.17) is 16.3 Å². The van der Waals surface area contributed by atoms with Crippen molar-refractivity contribution in [3.8, 4) is 22.8 Å². The number of aryl methyl sites for hydroxylation is 1. The molecule has 0 fully saturated rings. The fourth-order valence-corrected chi connectivity index (χ4v) is 3.67. The van der Waals surface area contributed by atoms with Crippen LogP contribution < -0.4 is 4.74 Å². The minimum Gasteiger partial charge on any atom is -0.456 e. The van der Waals surface area contributed by atoms with Crippen molar-refractivity contribution in [3.63, 3.8) is 0 Å². The Morgan fingerprint density at radius 2 is 1.87 bits per heavy atom. The quantitative estimate of drug-likeness (QED) is 0.343. The Kier molecular flexibility index (Phi) is 2.51. The molecule has 23 heavy (non-hydrogen) atoms. The summed E-state index contributed by atoms with van der Waals surface area (Å²) in [7, 11) is 0. The third-order valence-corrected chi connectivity index (χ3v) is 4.73. The van der Waals surface area contributed by atoms with Crippen LogP contribution in [0.1, 0.15) is 5.56 Å². The molecule has 0 N–H and O–H groups in total. The van der Waals surface area contributed by atoms with Gasteiger partial charge in [0.1, 0.15) is 11.5 Å². The van der Waals surface area contributed by atoms with Gasteiger partial charge in [-0.3, -0.25) is 4.98 Å². The third-order valence-electron chi connectivity index (χ3n) is 4.51. The standard InChI is InChI=1S/C20H12ClNO/c1-11-15-5-3-2-4-12(15)9-16-19-18-13(6-7-22-19)8-14(21)10-17(18)23-20(11)16/h2-10H,1H3. The first-order chi connectivity index (χ1) is 11.2. The molecule has 0 bridgehead atoms. The average Bonchev–Trinajstić information content (AvgIpc) is 2.56. The predicted octanol–water partition coefficient (Wildman–Crippen LogP) is 6.12. The first-order valence-corrected chi connectivity index (χ1v) is 7.89. The van der Waals surface area contributed by atoms with E-state index in [2.05, 4.69) is 36.2 Å². The highest BCUT2D eigenvalue weighted by molar-refractivity contribution is 6.32. The molecule has 0 unspecified atom stereocenters. The van der Waals surface area contributed by atoms with Gasteiger partial charge in [0.15, 0.2) is 0 Å². The van der Waals surface area contributed by atoms with Gasteiger partial charge in [0.25, 0.3) is 0 Å². The van der Waals surface area contributed by atoms with Gasteiger partial charge in [-0.25, -0.2) is 0 Å². The number of ether oxygens (including phenoxy) is 1. The summed E-state index contributed by atoms with van der Waals surface area (Å²) in [5.41, 5.74) is 3.13. The zero-order chi connectivity index (χ0) is 15.6. The Morgan fingerprint density at radius 3 is 2.78 bits per heavy atom. The van der Waals surface area contributed by atoms with Gasteiger partial charge in [0.05, 0.1) is 11.1 Å². The highest BCUT2D eigenvalue weighted by Gasteiger charge is 2.24. The van der Waals surface area contributed by atoms with Crippen molar-refractivity contribution in [1.82, 2.24) is 4.98 Å². The minimum atomic E-state index is 0.673. The van der Waals surface area contributed by atoms with Crippen LogP contribution in [0.3, 0.4) is 0 Å². The second-order valence-corrected chi connectivity index (χ2v) is 6.30. The van der Waals surface area contributed by atoms with Crippen LogP contribution in [0.15, 0.2) is 54.7 Å². The van der Waals surface area contributed by atoms with E-state index < -0.39 is 0 Å². The monoisotopic (exact) mass is 317 g/mol. The van der Waals surface area contributed by atoms with Crippen LogP contribution in [0.25, 0.3) is 32.8 Å². The molecule has 2 heterocycles. The molecule has 3 heteroatoms. The fourth-order valence-electron chi connectivity index (χ4n) is 3.46. The molecule has 5 rings (SSSR count). The number of pyridine rings is 1. The molecule has 0 saturated heterocycles. The van der Waals surface area contributed by atoms with Gasteiger partial charge in [-0.05, 0) is 41.3 Å². The number of nitrogens with zero attached hydrogens (tertiary/aromatic N) is 1. The van der Waals surface area contributed by atoms with E-state index in [9.17, 15) is 0 Å².